The van der Waals surface area contributed by atoms with Gasteiger partial charge in [-0.3, -0.25) is 4.79 Å². The van der Waals surface area contributed by atoms with Crippen molar-refractivity contribution in [3.8, 4) is 0 Å². The van der Waals surface area contributed by atoms with Gasteiger partial charge in [0.25, 0.3) is 0 Å². The summed E-state index contributed by atoms with van der Waals surface area (Å²) in [7, 11) is 0. The largest absolute Gasteiger partial charge is 0.460 e. The van der Waals surface area contributed by atoms with Crippen LogP contribution in [0.15, 0.2) is 0 Å². The van der Waals surface area contributed by atoms with Gasteiger partial charge in [0.05, 0.1) is 6.42 Å². The lowest BCUT2D eigenvalue weighted by atomic mass is 9.89. The molecule has 1 N–H and O–H groups in total. The first-order chi connectivity index (χ1) is 7.81. The number of carbonyl (C=O) groups excluding carboxylic acids is 1. The van der Waals surface area contributed by atoms with Crippen LogP contribution in [0.1, 0.15) is 59.8 Å². The molecule has 0 unspecified atom stereocenters. The van der Waals surface area contributed by atoms with E-state index in [1.807, 2.05) is 20.8 Å². The molecule has 3 nitrogen and oxygen atoms in total. The number of hydrogen-bond acceptors (Lipinski definition) is 3. The molecule has 0 atom stereocenters. The standard InChI is InChI=1S/C14H27NO2/c1-13(2,3)17-12(16)7-10-15-11-14(4)8-5-6-9-14/h15H,5-11H2,1-4H3. The Bertz CT molecular complexity index is 249. The summed E-state index contributed by atoms with van der Waals surface area (Å²) in [6.07, 6.45) is 5.79. The normalized spacial score (nSPS) is 19.3. The number of rotatable bonds is 5. The van der Waals surface area contributed by atoms with Gasteiger partial charge in [0, 0.05) is 13.1 Å². The molecule has 0 radical (unpaired) electrons. The van der Waals surface area contributed by atoms with Gasteiger partial charge >= 0.3 is 5.97 Å². The third kappa shape index (κ3) is 6.06. The molecule has 1 rings (SSSR count). The number of carbonyl (C=O) groups is 1. The van der Waals surface area contributed by atoms with E-state index in [0.29, 0.717) is 11.8 Å². The molecule has 0 amide bonds. The smallest absolute Gasteiger partial charge is 0.307 e. The Labute approximate surface area is 105 Å². The molecule has 1 saturated carbocycles. The molecule has 1 aliphatic rings. The Morgan fingerprint density at radius 1 is 1.29 bits per heavy atom. The summed E-state index contributed by atoms with van der Waals surface area (Å²) in [4.78, 5) is 11.5. The summed E-state index contributed by atoms with van der Waals surface area (Å²) in [6, 6.07) is 0. The second kappa shape index (κ2) is 5.85. The predicted molar refractivity (Wildman–Crippen MR) is 69.9 cm³/mol. The number of nitrogens with one attached hydrogen (secondary N) is 1. The third-order valence-electron chi connectivity index (χ3n) is 3.29. The summed E-state index contributed by atoms with van der Waals surface area (Å²) in [5, 5.41) is 3.38. The van der Waals surface area contributed by atoms with Gasteiger partial charge in [-0.25, -0.2) is 0 Å². The van der Waals surface area contributed by atoms with Crippen LogP contribution in [0, 0.1) is 5.41 Å². The van der Waals surface area contributed by atoms with Crippen LogP contribution in [0.3, 0.4) is 0 Å². The summed E-state index contributed by atoms with van der Waals surface area (Å²) in [5.74, 6) is -0.110. The van der Waals surface area contributed by atoms with E-state index in [0.717, 1.165) is 13.1 Å². The molecule has 0 aromatic heterocycles. The van der Waals surface area contributed by atoms with Crippen molar-refractivity contribution in [2.24, 2.45) is 5.41 Å². The quantitative estimate of drug-likeness (QED) is 0.594. The van der Waals surface area contributed by atoms with Crippen LogP contribution in [-0.2, 0) is 9.53 Å². The van der Waals surface area contributed by atoms with Crippen molar-refractivity contribution in [3.63, 3.8) is 0 Å². The summed E-state index contributed by atoms with van der Waals surface area (Å²) in [6.45, 7) is 9.79. The molecule has 1 fully saturated rings. The Kier molecular flexibility index (Phi) is 4.99. The Morgan fingerprint density at radius 2 is 1.88 bits per heavy atom. The lowest BCUT2D eigenvalue weighted by Gasteiger charge is -2.24. The monoisotopic (exact) mass is 241 g/mol. The van der Waals surface area contributed by atoms with Crippen LogP contribution in [0.4, 0.5) is 0 Å². The fourth-order valence-corrected chi connectivity index (χ4v) is 2.38. The first-order valence-electron chi connectivity index (χ1n) is 6.73. The molecule has 0 heterocycles. The van der Waals surface area contributed by atoms with Crippen LogP contribution in [-0.4, -0.2) is 24.7 Å². The van der Waals surface area contributed by atoms with Gasteiger partial charge in [-0.1, -0.05) is 19.8 Å². The minimum Gasteiger partial charge on any atom is -0.460 e. The maximum Gasteiger partial charge on any atom is 0.307 e. The van der Waals surface area contributed by atoms with Crippen molar-refractivity contribution < 1.29 is 9.53 Å². The lowest BCUT2D eigenvalue weighted by Crippen LogP contribution is -2.32. The summed E-state index contributed by atoms with van der Waals surface area (Å²) < 4.78 is 5.26. The van der Waals surface area contributed by atoms with E-state index in [4.69, 9.17) is 4.74 Å². The second-order valence-electron chi connectivity index (χ2n) is 6.53. The van der Waals surface area contributed by atoms with Gasteiger partial charge in [-0.2, -0.15) is 0 Å². The molecule has 100 valence electrons. The first-order valence-corrected chi connectivity index (χ1v) is 6.73. The van der Waals surface area contributed by atoms with Gasteiger partial charge in [-0.15, -0.1) is 0 Å². The average molecular weight is 241 g/mol. The molecular weight excluding hydrogens is 214 g/mol. The van der Waals surface area contributed by atoms with Gasteiger partial charge in [0.2, 0.25) is 0 Å². The van der Waals surface area contributed by atoms with E-state index in [9.17, 15) is 4.79 Å². The number of ether oxygens (including phenoxy) is 1. The van der Waals surface area contributed by atoms with Gasteiger partial charge < -0.3 is 10.1 Å². The highest BCUT2D eigenvalue weighted by Gasteiger charge is 2.27. The van der Waals surface area contributed by atoms with Crippen molar-refractivity contribution in [2.45, 2.75) is 65.4 Å². The molecular formula is C14H27NO2. The fourth-order valence-electron chi connectivity index (χ4n) is 2.38. The number of hydrogen-bond donors (Lipinski definition) is 1. The van der Waals surface area contributed by atoms with E-state index in [1.165, 1.54) is 25.7 Å². The second-order valence-corrected chi connectivity index (χ2v) is 6.53. The molecule has 0 aromatic rings. The van der Waals surface area contributed by atoms with Crippen molar-refractivity contribution in [1.29, 1.82) is 0 Å². The van der Waals surface area contributed by atoms with Crippen molar-refractivity contribution >= 4 is 5.97 Å². The summed E-state index contributed by atoms with van der Waals surface area (Å²) >= 11 is 0. The lowest BCUT2D eigenvalue weighted by molar-refractivity contribution is -0.154. The predicted octanol–water partition coefficient (Wildman–Crippen LogP) is 2.89. The molecule has 0 saturated heterocycles. The zero-order chi connectivity index (χ0) is 12.9. The van der Waals surface area contributed by atoms with Crippen molar-refractivity contribution in [3.05, 3.63) is 0 Å². The Morgan fingerprint density at radius 3 is 2.41 bits per heavy atom. The van der Waals surface area contributed by atoms with Crippen LogP contribution >= 0.6 is 0 Å². The fraction of sp³-hybridized carbons (Fsp3) is 0.929. The first kappa shape index (κ1) is 14.5. The van der Waals surface area contributed by atoms with Crippen LogP contribution < -0.4 is 5.32 Å². The molecule has 0 aromatic carbocycles. The highest BCUT2D eigenvalue weighted by molar-refractivity contribution is 5.70. The number of esters is 1. The Hall–Kier alpha value is -0.570. The molecule has 0 aliphatic heterocycles. The average Bonchev–Trinajstić information content (AvgIpc) is 2.58. The molecule has 3 heteroatoms. The van der Waals surface area contributed by atoms with Crippen LogP contribution in [0.5, 0.6) is 0 Å². The van der Waals surface area contributed by atoms with E-state index in [1.54, 1.807) is 0 Å². The minimum atomic E-state index is -0.367. The zero-order valence-corrected chi connectivity index (χ0v) is 11.8. The molecule has 1 aliphatic carbocycles. The molecule has 0 bridgehead atoms. The van der Waals surface area contributed by atoms with Gasteiger partial charge in [-0.05, 0) is 39.0 Å². The van der Waals surface area contributed by atoms with Crippen LogP contribution in [0.25, 0.3) is 0 Å². The van der Waals surface area contributed by atoms with Crippen LogP contribution in [0.2, 0.25) is 0 Å². The third-order valence-corrected chi connectivity index (χ3v) is 3.29. The van der Waals surface area contributed by atoms with E-state index >= 15 is 0 Å². The van der Waals surface area contributed by atoms with Crippen molar-refractivity contribution in [2.75, 3.05) is 13.1 Å². The molecule has 0 spiro atoms. The topological polar surface area (TPSA) is 38.3 Å². The van der Waals surface area contributed by atoms with Gasteiger partial charge in [0.15, 0.2) is 0 Å². The highest BCUT2D eigenvalue weighted by Crippen LogP contribution is 2.36. The van der Waals surface area contributed by atoms with Crippen molar-refractivity contribution in [1.82, 2.24) is 5.32 Å². The maximum atomic E-state index is 11.5. The maximum absolute atomic E-state index is 11.5. The summed E-state index contributed by atoms with van der Waals surface area (Å²) in [5.41, 5.74) is 0.0858. The van der Waals surface area contributed by atoms with E-state index in [2.05, 4.69) is 12.2 Å². The SMILES string of the molecule is CC1(CNCCC(=O)OC(C)(C)C)CCCC1. The highest BCUT2D eigenvalue weighted by atomic mass is 16.6. The minimum absolute atomic E-state index is 0.110. The Balaban J connectivity index is 2.10. The zero-order valence-electron chi connectivity index (χ0n) is 11.8. The van der Waals surface area contributed by atoms with Gasteiger partial charge in [0.1, 0.15) is 5.60 Å². The van der Waals surface area contributed by atoms with E-state index < -0.39 is 0 Å². The van der Waals surface area contributed by atoms with E-state index in [-0.39, 0.29) is 11.6 Å². The molecule has 17 heavy (non-hydrogen) atoms.